The predicted molar refractivity (Wildman–Crippen MR) is 115 cm³/mol. The summed E-state index contributed by atoms with van der Waals surface area (Å²) in [5.74, 6) is 0.0504. The molecule has 1 aromatic carbocycles. The Kier molecular flexibility index (Phi) is 4.85. The zero-order chi connectivity index (χ0) is 21.6. The summed E-state index contributed by atoms with van der Waals surface area (Å²) >= 11 is 0. The minimum Gasteiger partial charge on any atom is -0.394 e. The number of nitrogens with zero attached hydrogens (tertiary/aromatic N) is 4. The van der Waals surface area contributed by atoms with E-state index >= 15 is 0 Å². The van der Waals surface area contributed by atoms with E-state index in [1.165, 1.54) is 18.6 Å². The number of aromatic nitrogens is 2. The van der Waals surface area contributed by atoms with Crippen LogP contribution in [0.4, 0.5) is 0 Å². The number of likely N-dealkylation sites (tertiary alicyclic amines) is 2. The van der Waals surface area contributed by atoms with Gasteiger partial charge in [-0.3, -0.25) is 14.6 Å². The molecule has 3 aliphatic rings. The first-order valence-corrected chi connectivity index (χ1v) is 10.8. The Bertz CT molecular complexity index is 1010. The normalized spacial score (nSPS) is 24.2. The summed E-state index contributed by atoms with van der Waals surface area (Å²) in [5.41, 5.74) is 1.92. The topological polar surface area (TPSA) is 86.6 Å². The van der Waals surface area contributed by atoms with Crippen molar-refractivity contribution in [1.82, 2.24) is 19.8 Å². The van der Waals surface area contributed by atoms with Crippen molar-refractivity contribution in [3.8, 4) is 0 Å². The number of hydrogen-bond donors (Lipinski definition) is 1. The Labute approximate surface area is 181 Å². The number of benzene rings is 1. The maximum atomic E-state index is 13.3. The summed E-state index contributed by atoms with van der Waals surface area (Å²) in [7, 11) is 0. The second kappa shape index (κ2) is 7.57. The Hall–Kier alpha value is -3.06. The number of carbonyl (C=O) groups is 2. The van der Waals surface area contributed by atoms with E-state index in [9.17, 15) is 14.7 Å². The van der Waals surface area contributed by atoms with Gasteiger partial charge < -0.3 is 14.9 Å². The zero-order valence-corrected chi connectivity index (χ0v) is 17.5. The maximum Gasteiger partial charge on any atom is 0.275 e. The molecule has 7 heteroatoms. The zero-order valence-electron chi connectivity index (χ0n) is 17.5. The lowest BCUT2D eigenvalue weighted by Gasteiger charge is -2.70. The summed E-state index contributed by atoms with van der Waals surface area (Å²) in [6.45, 7) is 2.82. The van der Waals surface area contributed by atoms with Crippen LogP contribution in [-0.4, -0.2) is 68.0 Å². The average Bonchev–Trinajstić information content (AvgIpc) is 3.59. The van der Waals surface area contributed by atoms with E-state index in [4.69, 9.17) is 0 Å². The molecule has 5 rings (SSSR count). The SMILES string of the molecule is C/C=C/c1ccc([C@@H]2[C@H](CO)N(C(=O)c3cnccn3)C23CN(C(=O)C2CC2)C3)cc1. The third kappa shape index (κ3) is 3.15. The molecule has 3 heterocycles. The fourth-order valence-electron chi connectivity index (χ4n) is 5.23. The van der Waals surface area contributed by atoms with Crippen molar-refractivity contribution in [3.05, 3.63) is 65.8 Å². The lowest BCUT2D eigenvalue weighted by atomic mass is 9.60. The van der Waals surface area contributed by atoms with Crippen molar-refractivity contribution < 1.29 is 14.7 Å². The fourth-order valence-corrected chi connectivity index (χ4v) is 5.23. The molecule has 160 valence electrons. The molecule has 1 aliphatic carbocycles. The van der Waals surface area contributed by atoms with E-state index < -0.39 is 5.54 Å². The molecular weight excluding hydrogens is 392 g/mol. The molecule has 7 nitrogen and oxygen atoms in total. The van der Waals surface area contributed by atoms with Crippen molar-refractivity contribution in [3.63, 3.8) is 0 Å². The number of carbonyl (C=O) groups excluding carboxylic acids is 2. The van der Waals surface area contributed by atoms with Crippen LogP contribution in [0.3, 0.4) is 0 Å². The lowest BCUT2D eigenvalue weighted by Crippen LogP contribution is -2.86. The monoisotopic (exact) mass is 418 g/mol. The van der Waals surface area contributed by atoms with E-state index in [0.29, 0.717) is 13.1 Å². The number of amides is 2. The van der Waals surface area contributed by atoms with Gasteiger partial charge in [0.15, 0.2) is 0 Å². The van der Waals surface area contributed by atoms with Gasteiger partial charge in [-0.25, -0.2) is 4.98 Å². The van der Waals surface area contributed by atoms with Crippen molar-refractivity contribution in [2.45, 2.75) is 37.3 Å². The third-order valence-electron chi connectivity index (χ3n) is 6.79. The average molecular weight is 418 g/mol. The highest BCUT2D eigenvalue weighted by Crippen LogP contribution is 2.55. The highest BCUT2D eigenvalue weighted by Gasteiger charge is 2.68. The number of allylic oxidation sites excluding steroid dienone is 1. The molecule has 1 saturated carbocycles. The Morgan fingerprint density at radius 3 is 2.52 bits per heavy atom. The lowest BCUT2D eigenvalue weighted by molar-refractivity contribution is -0.179. The highest BCUT2D eigenvalue weighted by molar-refractivity contribution is 5.94. The molecule has 2 atom stereocenters. The van der Waals surface area contributed by atoms with Crippen LogP contribution in [0.2, 0.25) is 0 Å². The van der Waals surface area contributed by atoms with Gasteiger partial charge in [0, 0.05) is 37.3 Å². The molecule has 2 aromatic rings. The van der Waals surface area contributed by atoms with E-state index in [2.05, 4.69) is 34.2 Å². The second-order valence-corrected chi connectivity index (χ2v) is 8.73. The molecule has 1 N–H and O–H groups in total. The molecule has 2 aliphatic heterocycles. The van der Waals surface area contributed by atoms with Crippen molar-refractivity contribution in [2.75, 3.05) is 19.7 Å². The Morgan fingerprint density at radius 2 is 1.94 bits per heavy atom. The van der Waals surface area contributed by atoms with Crippen LogP contribution in [0, 0.1) is 5.92 Å². The first-order valence-electron chi connectivity index (χ1n) is 10.8. The molecule has 3 fully saturated rings. The van der Waals surface area contributed by atoms with Gasteiger partial charge in [-0.2, -0.15) is 0 Å². The summed E-state index contributed by atoms with van der Waals surface area (Å²) < 4.78 is 0. The molecule has 0 bridgehead atoms. The van der Waals surface area contributed by atoms with Crippen molar-refractivity contribution >= 4 is 17.9 Å². The highest BCUT2D eigenvalue weighted by atomic mass is 16.3. The van der Waals surface area contributed by atoms with Crippen molar-refractivity contribution in [1.29, 1.82) is 0 Å². The maximum absolute atomic E-state index is 13.3. The van der Waals surface area contributed by atoms with Gasteiger partial charge in [-0.15, -0.1) is 0 Å². The predicted octanol–water partition coefficient (Wildman–Crippen LogP) is 2.10. The second-order valence-electron chi connectivity index (χ2n) is 8.73. The summed E-state index contributed by atoms with van der Waals surface area (Å²) in [4.78, 5) is 37.8. The summed E-state index contributed by atoms with van der Waals surface area (Å²) in [6.07, 6.45) is 10.4. The molecule has 1 spiro atoms. The number of rotatable bonds is 5. The quantitative estimate of drug-likeness (QED) is 0.804. The third-order valence-corrected chi connectivity index (χ3v) is 6.79. The van der Waals surface area contributed by atoms with E-state index in [1.807, 2.05) is 24.0 Å². The molecule has 1 aromatic heterocycles. The summed E-state index contributed by atoms with van der Waals surface area (Å²) in [6, 6.07) is 7.88. The molecule has 0 unspecified atom stereocenters. The molecule has 0 radical (unpaired) electrons. The first-order chi connectivity index (χ1) is 15.1. The first kappa shape index (κ1) is 19.9. The van der Waals surface area contributed by atoms with Crippen molar-refractivity contribution in [2.24, 2.45) is 5.92 Å². The van der Waals surface area contributed by atoms with Crippen LogP contribution in [0.5, 0.6) is 0 Å². The molecule has 2 saturated heterocycles. The van der Waals surface area contributed by atoms with E-state index in [1.54, 1.807) is 4.90 Å². The van der Waals surface area contributed by atoms with Gasteiger partial charge in [0.25, 0.3) is 5.91 Å². The van der Waals surface area contributed by atoms with Crippen LogP contribution < -0.4 is 0 Å². The van der Waals surface area contributed by atoms with Crippen LogP contribution in [0.25, 0.3) is 6.08 Å². The Balaban J connectivity index is 1.47. The minimum absolute atomic E-state index is 0.0407. The molecular formula is C24H26N4O3. The van der Waals surface area contributed by atoms with E-state index in [-0.39, 0.29) is 42.0 Å². The molecule has 2 amide bonds. The fraction of sp³-hybridized carbons (Fsp3) is 0.417. The summed E-state index contributed by atoms with van der Waals surface area (Å²) in [5, 5.41) is 10.2. The van der Waals surface area contributed by atoms with Gasteiger partial charge >= 0.3 is 0 Å². The van der Waals surface area contributed by atoms with Crippen LogP contribution in [0.15, 0.2) is 48.9 Å². The van der Waals surface area contributed by atoms with Gasteiger partial charge in [0.1, 0.15) is 5.69 Å². The van der Waals surface area contributed by atoms with Gasteiger partial charge in [-0.05, 0) is 30.9 Å². The standard InChI is InChI=1S/C24H26N4O3/c1-2-3-16-4-6-17(7-5-16)21-20(13-29)28(23(31)19-12-25-10-11-26-19)24(21)14-27(15-24)22(30)18-8-9-18/h2-7,10-12,18,20-21,29H,8-9,13-15H2,1H3/b3-2+/t20-,21+/m0/s1. The van der Waals surface area contributed by atoms with Gasteiger partial charge in [0.05, 0.1) is 24.4 Å². The van der Waals surface area contributed by atoms with Gasteiger partial charge in [-0.1, -0.05) is 36.4 Å². The number of aliphatic hydroxyl groups excluding tert-OH is 1. The minimum atomic E-state index is -0.519. The van der Waals surface area contributed by atoms with Crippen LogP contribution in [0.1, 0.15) is 47.3 Å². The van der Waals surface area contributed by atoms with Gasteiger partial charge in [0.2, 0.25) is 5.91 Å². The smallest absolute Gasteiger partial charge is 0.275 e. The van der Waals surface area contributed by atoms with Crippen LogP contribution in [-0.2, 0) is 4.79 Å². The largest absolute Gasteiger partial charge is 0.394 e. The Morgan fingerprint density at radius 1 is 1.19 bits per heavy atom. The van der Waals surface area contributed by atoms with Crippen LogP contribution >= 0.6 is 0 Å². The van der Waals surface area contributed by atoms with E-state index in [0.717, 1.165) is 24.0 Å². The number of aliphatic hydroxyl groups is 1. The number of hydrogen-bond acceptors (Lipinski definition) is 5. The molecule has 31 heavy (non-hydrogen) atoms.